The fraction of sp³-hybridized carbons (Fsp3) is 0.312. The van der Waals surface area contributed by atoms with Crippen LogP contribution in [0.25, 0.3) is 0 Å². The summed E-state index contributed by atoms with van der Waals surface area (Å²) in [7, 11) is 0. The predicted molar refractivity (Wildman–Crippen MR) is 89.0 cm³/mol. The van der Waals surface area contributed by atoms with Crippen LogP contribution in [0, 0.1) is 5.92 Å². The second-order valence-corrected chi connectivity index (χ2v) is 6.98. The SMILES string of the molecule is CC(C)CNCc1ccc(Sc2ccccn2)c(Br)c1. The molecule has 0 spiro atoms. The van der Waals surface area contributed by atoms with Crippen molar-refractivity contribution in [1.29, 1.82) is 0 Å². The molecule has 0 aliphatic heterocycles. The molecule has 1 aromatic carbocycles. The molecule has 0 radical (unpaired) electrons. The van der Waals surface area contributed by atoms with Crippen molar-refractivity contribution < 1.29 is 0 Å². The monoisotopic (exact) mass is 350 g/mol. The Morgan fingerprint density at radius 1 is 1.25 bits per heavy atom. The molecule has 0 saturated heterocycles. The van der Waals surface area contributed by atoms with E-state index in [1.54, 1.807) is 11.8 Å². The number of aromatic nitrogens is 1. The molecule has 2 rings (SSSR count). The first-order valence-electron chi connectivity index (χ1n) is 6.73. The molecule has 0 fully saturated rings. The number of pyridine rings is 1. The molecule has 0 aliphatic carbocycles. The van der Waals surface area contributed by atoms with Crippen LogP contribution in [-0.4, -0.2) is 11.5 Å². The first-order chi connectivity index (χ1) is 9.65. The normalized spacial score (nSPS) is 11.0. The molecular formula is C16H19BrN2S. The first-order valence-corrected chi connectivity index (χ1v) is 8.34. The van der Waals surface area contributed by atoms with Crippen molar-refractivity contribution in [2.75, 3.05) is 6.54 Å². The average Bonchev–Trinajstić information content (AvgIpc) is 2.42. The molecule has 0 aliphatic rings. The minimum atomic E-state index is 0.678. The van der Waals surface area contributed by atoms with Crippen LogP contribution in [0.4, 0.5) is 0 Å². The Morgan fingerprint density at radius 2 is 2.10 bits per heavy atom. The van der Waals surface area contributed by atoms with Gasteiger partial charge in [-0.25, -0.2) is 4.98 Å². The van der Waals surface area contributed by atoms with Crippen molar-refractivity contribution in [3.05, 3.63) is 52.6 Å². The molecule has 0 amide bonds. The quantitative estimate of drug-likeness (QED) is 0.814. The minimum Gasteiger partial charge on any atom is -0.312 e. The summed E-state index contributed by atoms with van der Waals surface area (Å²) in [5, 5.41) is 4.47. The van der Waals surface area contributed by atoms with Gasteiger partial charge in [0, 0.05) is 22.1 Å². The number of nitrogens with zero attached hydrogens (tertiary/aromatic N) is 1. The van der Waals surface area contributed by atoms with Gasteiger partial charge in [-0.2, -0.15) is 0 Å². The van der Waals surface area contributed by atoms with Crippen molar-refractivity contribution in [2.45, 2.75) is 30.3 Å². The molecule has 4 heteroatoms. The van der Waals surface area contributed by atoms with Crippen LogP contribution in [0.5, 0.6) is 0 Å². The number of halogens is 1. The Hall–Kier alpha value is -0.840. The van der Waals surface area contributed by atoms with Crippen LogP contribution in [-0.2, 0) is 6.54 Å². The van der Waals surface area contributed by atoms with Crippen LogP contribution < -0.4 is 5.32 Å². The molecule has 0 saturated carbocycles. The smallest absolute Gasteiger partial charge is 0.101 e. The predicted octanol–water partition coefficient (Wildman–Crippen LogP) is 4.74. The summed E-state index contributed by atoms with van der Waals surface area (Å²) < 4.78 is 1.12. The van der Waals surface area contributed by atoms with Crippen LogP contribution in [0.3, 0.4) is 0 Å². The maximum absolute atomic E-state index is 4.34. The van der Waals surface area contributed by atoms with Crippen LogP contribution >= 0.6 is 27.7 Å². The van der Waals surface area contributed by atoms with E-state index in [9.17, 15) is 0 Å². The molecule has 20 heavy (non-hydrogen) atoms. The van der Waals surface area contributed by atoms with E-state index >= 15 is 0 Å². The second kappa shape index (κ2) is 7.81. The number of rotatable bonds is 6. The molecule has 106 valence electrons. The highest BCUT2D eigenvalue weighted by Crippen LogP contribution is 2.32. The van der Waals surface area contributed by atoms with Crippen molar-refractivity contribution in [1.82, 2.24) is 10.3 Å². The topological polar surface area (TPSA) is 24.9 Å². The average molecular weight is 351 g/mol. The van der Waals surface area contributed by atoms with Gasteiger partial charge in [0.1, 0.15) is 5.03 Å². The van der Waals surface area contributed by atoms with Gasteiger partial charge in [-0.1, -0.05) is 37.7 Å². The van der Waals surface area contributed by atoms with Crippen molar-refractivity contribution in [2.24, 2.45) is 5.92 Å². The van der Waals surface area contributed by atoms with E-state index in [-0.39, 0.29) is 0 Å². The standard InChI is InChI=1S/C16H19BrN2S/c1-12(2)10-18-11-13-6-7-15(14(17)9-13)20-16-5-3-4-8-19-16/h3-9,12,18H,10-11H2,1-2H3. The molecule has 1 N–H and O–H groups in total. The van der Waals surface area contributed by atoms with E-state index in [0.717, 1.165) is 22.6 Å². The zero-order valence-electron chi connectivity index (χ0n) is 11.8. The molecule has 2 aromatic rings. The summed E-state index contributed by atoms with van der Waals surface area (Å²) in [5.74, 6) is 0.678. The van der Waals surface area contributed by atoms with Crippen molar-refractivity contribution in [3.8, 4) is 0 Å². The van der Waals surface area contributed by atoms with Gasteiger partial charge < -0.3 is 5.32 Å². The van der Waals surface area contributed by atoms with Gasteiger partial charge in [-0.05, 0) is 58.2 Å². The fourth-order valence-electron chi connectivity index (χ4n) is 1.76. The van der Waals surface area contributed by atoms with E-state index in [0.29, 0.717) is 5.92 Å². The summed E-state index contributed by atoms with van der Waals surface area (Å²) in [4.78, 5) is 5.53. The Morgan fingerprint density at radius 3 is 2.75 bits per heavy atom. The molecule has 1 heterocycles. The van der Waals surface area contributed by atoms with E-state index in [2.05, 4.69) is 58.3 Å². The van der Waals surface area contributed by atoms with Gasteiger partial charge in [-0.3, -0.25) is 0 Å². The Balaban J connectivity index is 1.99. The highest BCUT2D eigenvalue weighted by atomic mass is 79.9. The molecule has 1 aromatic heterocycles. The van der Waals surface area contributed by atoms with E-state index in [1.165, 1.54) is 10.5 Å². The lowest BCUT2D eigenvalue weighted by molar-refractivity contribution is 0.552. The lowest BCUT2D eigenvalue weighted by atomic mass is 10.2. The largest absolute Gasteiger partial charge is 0.312 e. The summed E-state index contributed by atoms with van der Waals surface area (Å²) in [5.41, 5.74) is 1.29. The molecule has 2 nitrogen and oxygen atoms in total. The van der Waals surface area contributed by atoms with Crippen molar-refractivity contribution in [3.63, 3.8) is 0 Å². The highest BCUT2D eigenvalue weighted by molar-refractivity contribution is 9.10. The lowest BCUT2D eigenvalue weighted by Crippen LogP contribution is -2.18. The lowest BCUT2D eigenvalue weighted by Gasteiger charge is -2.09. The van der Waals surface area contributed by atoms with E-state index in [1.807, 2.05) is 24.4 Å². The summed E-state index contributed by atoms with van der Waals surface area (Å²) in [6.45, 7) is 6.39. The number of nitrogens with one attached hydrogen (secondary N) is 1. The van der Waals surface area contributed by atoms with Gasteiger partial charge in [0.05, 0.1) is 0 Å². The first kappa shape index (κ1) is 15.5. The highest BCUT2D eigenvalue weighted by Gasteiger charge is 2.04. The third-order valence-corrected chi connectivity index (χ3v) is 4.68. The van der Waals surface area contributed by atoms with Gasteiger partial charge in [0.15, 0.2) is 0 Å². The van der Waals surface area contributed by atoms with E-state index in [4.69, 9.17) is 0 Å². The fourth-order valence-corrected chi connectivity index (χ4v) is 3.21. The zero-order chi connectivity index (χ0) is 14.4. The van der Waals surface area contributed by atoms with Crippen LogP contribution in [0.2, 0.25) is 0 Å². The molecular weight excluding hydrogens is 332 g/mol. The molecule has 0 bridgehead atoms. The van der Waals surface area contributed by atoms with Gasteiger partial charge in [0.25, 0.3) is 0 Å². The molecule has 0 atom stereocenters. The van der Waals surface area contributed by atoms with Crippen LogP contribution in [0.1, 0.15) is 19.4 Å². The Labute approximate surface area is 133 Å². The van der Waals surface area contributed by atoms with Gasteiger partial charge in [-0.15, -0.1) is 0 Å². The maximum Gasteiger partial charge on any atom is 0.101 e. The maximum atomic E-state index is 4.34. The van der Waals surface area contributed by atoms with Crippen molar-refractivity contribution >= 4 is 27.7 Å². The number of hydrogen-bond donors (Lipinski definition) is 1. The van der Waals surface area contributed by atoms with E-state index < -0.39 is 0 Å². The minimum absolute atomic E-state index is 0.678. The van der Waals surface area contributed by atoms with Crippen LogP contribution in [0.15, 0.2) is 57.0 Å². The Kier molecular flexibility index (Phi) is 6.07. The number of benzene rings is 1. The summed E-state index contributed by atoms with van der Waals surface area (Å²) >= 11 is 5.32. The zero-order valence-corrected chi connectivity index (χ0v) is 14.2. The van der Waals surface area contributed by atoms with Gasteiger partial charge in [0.2, 0.25) is 0 Å². The summed E-state index contributed by atoms with van der Waals surface area (Å²) in [6, 6.07) is 12.5. The number of hydrogen-bond acceptors (Lipinski definition) is 3. The summed E-state index contributed by atoms with van der Waals surface area (Å²) in [6.07, 6.45) is 1.82. The Bertz CT molecular complexity index is 543. The third kappa shape index (κ3) is 4.93. The third-order valence-electron chi connectivity index (χ3n) is 2.73. The second-order valence-electron chi connectivity index (χ2n) is 5.06. The van der Waals surface area contributed by atoms with Gasteiger partial charge >= 0.3 is 0 Å². The molecule has 0 unspecified atom stereocenters.